The number of nitrogens with zero attached hydrogens (tertiary/aromatic N) is 4. The Labute approximate surface area is 217 Å². The van der Waals surface area contributed by atoms with Gasteiger partial charge >= 0.3 is 5.97 Å². The lowest BCUT2D eigenvalue weighted by molar-refractivity contribution is -0.185. The largest absolute Gasteiger partial charge is 0.494 e. The Hall–Kier alpha value is -3.29. The summed E-state index contributed by atoms with van der Waals surface area (Å²) in [4.78, 5) is 35.8. The molecule has 0 N–H and O–H groups in total. The second-order valence-corrected chi connectivity index (χ2v) is 10.7. The molecule has 0 bridgehead atoms. The highest BCUT2D eigenvalue weighted by atomic mass is 16.6. The first-order valence-corrected chi connectivity index (χ1v) is 13.5. The van der Waals surface area contributed by atoms with Gasteiger partial charge in [0.1, 0.15) is 17.3 Å². The molecule has 1 saturated heterocycles. The molecule has 3 heterocycles. The van der Waals surface area contributed by atoms with Gasteiger partial charge in [-0.2, -0.15) is 4.98 Å². The first-order valence-electron chi connectivity index (χ1n) is 13.5. The van der Waals surface area contributed by atoms with E-state index in [2.05, 4.69) is 27.2 Å². The van der Waals surface area contributed by atoms with Crippen molar-refractivity contribution in [3.63, 3.8) is 0 Å². The minimum atomic E-state index is -0.874. The maximum absolute atomic E-state index is 13.5. The van der Waals surface area contributed by atoms with Crippen LogP contribution >= 0.6 is 0 Å². The van der Waals surface area contributed by atoms with Crippen LogP contribution in [0.3, 0.4) is 0 Å². The minimum absolute atomic E-state index is 0.0641. The Morgan fingerprint density at radius 1 is 1.11 bits per heavy atom. The summed E-state index contributed by atoms with van der Waals surface area (Å²) in [6.45, 7) is 8.49. The third-order valence-electron chi connectivity index (χ3n) is 7.97. The smallest absolute Gasteiger partial charge is 0.317 e. The monoisotopic (exact) mass is 504 g/mol. The van der Waals surface area contributed by atoms with Gasteiger partial charge < -0.3 is 9.47 Å². The number of aryl methyl sites for hydroxylation is 4. The van der Waals surface area contributed by atoms with E-state index in [-0.39, 0.29) is 24.5 Å². The van der Waals surface area contributed by atoms with Crippen molar-refractivity contribution < 1.29 is 19.1 Å². The highest BCUT2D eigenvalue weighted by Gasteiger charge is 2.51. The van der Waals surface area contributed by atoms with Crippen LogP contribution in [-0.4, -0.2) is 43.5 Å². The highest BCUT2D eigenvalue weighted by Crippen LogP contribution is 2.45. The lowest BCUT2D eigenvalue weighted by Crippen LogP contribution is -2.52. The van der Waals surface area contributed by atoms with E-state index >= 15 is 0 Å². The molecule has 5 rings (SSSR count). The lowest BCUT2D eigenvalue weighted by Gasteiger charge is -2.43. The average Bonchev–Trinajstić information content (AvgIpc) is 3.53. The van der Waals surface area contributed by atoms with Gasteiger partial charge in [-0.05, 0) is 82.6 Å². The first-order chi connectivity index (χ1) is 17.8. The number of hydrogen-bond acceptors (Lipinski definition) is 7. The van der Waals surface area contributed by atoms with Gasteiger partial charge in [0, 0.05) is 24.2 Å². The molecule has 3 aromatic rings. The Bertz CT molecular complexity index is 1310. The van der Waals surface area contributed by atoms with E-state index in [0.29, 0.717) is 24.6 Å². The van der Waals surface area contributed by atoms with Crippen LogP contribution in [0.1, 0.15) is 73.8 Å². The maximum atomic E-state index is 13.5. The number of aromatic nitrogens is 4. The quantitative estimate of drug-likeness (QED) is 0.324. The van der Waals surface area contributed by atoms with Crippen LogP contribution in [0.15, 0.2) is 24.3 Å². The van der Waals surface area contributed by atoms with Crippen molar-refractivity contribution in [3.05, 3.63) is 52.6 Å². The Kier molecular flexibility index (Phi) is 7.01. The molecule has 37 heavy (non-hydrogen) atoms. The zero-order valence-electron chi connectivity index (χ0n) is 22.2. The number of carbonyl (C=O) groups is 2. The van der Waals surface area contributed by atoms with Gasteiger partial charge in [-0.25, -0.2) is 9.50 Å². The van der Waals surface area contributed by atoms with Gasteiger partial charge in [0.15, 0.2) is 11.6 Å². The molecule has 0 amide bonds. The summed E-state index contributed by atoms with van der Waals surface area (Å²) in [5.74, 6) is 0.649. The summed E-state index contributed by atoms with van der Waals surface area (Å²) in [6, 6.07) is 8.13. The maximum Gasteiger partial charge on any atom is 0.317 e. The highest BCUT2D eigenvalue weighted by molar-refractivity contribution is 6.01. The Morgan fingerprint density at radius 3 is 2.59 bits per heavy atom. The van der Waals surface area contributed by atoms with Gasteiger partial charge in [0.2, 0.25) is 0 Å². The van der Waals surface area contributed by atoms with Crippen LogP contribution in [0.2, 0.25) is 0 Å². The summed E-state index contributed by atoms with van der Waals surface area (Å²) >= 11 is 0. The van der Waals surface area contributed by atoms with Gasteiger partial charge in [-0.1, -0.05) is 25.0 Å². The molecule has 1 aliphatic carbocycles. The molecule has 196 valence electrons. The number of hydrogen-bond donors (Lipinski definition) is 0. The molecular weight excluding hydrogens is 468 g/mol. The molecule has 2 aromatic heterocycles. The van der Waals surface area contributed by atoms with Crippen LogP contribution in [0.4, 0.5) is 0 Å². The van der Waals surface area contributed by atoms with Crippen molar-refractivity contribution in [1.29, 1.82) is 0 Å². The minimum Gasteiger partial charge on any atom is -0.494 e. The van der Waals surface area contributed by atoms with Gasteiger partial charge in [0.05, 0.1) is 6.61 Å². The fraction of sp³-hybridized carbons (Fsp3) is 0.552. The van der Waals surface area contributed by atoms with Crippen LogP contribution in [0, 0.1) is 32.6 Å². The van der Waals surface area contributed by atoms with Gasteiger partial charge in [-0.15, -0.1) is 5.10 Å². The van der Waals surface area contributed by atoms with E-state index in [1.54, 1.807) is 4.52 Å². The van der Waals surface area contributed by atoms with E-state index in [4.69, 9.17) is 9.47 Å². The summed E-state index contributed by atoms with van der Waals surface area (Å²) in [5.41, 5.74) is 3.27. The van der Waals surface area contributed by atoms with Crippen molar-refractivity contribution in [3.8, 4) is 5.75 Å². The second kappa shape index (κ2) is 10.2. The molecule has 8 heteroatoms. The number of rotatable bonds is 8. The molecule has 2 fully saturated rings. The molecule has 1 aromatic carbocycles. The molecule has 2 unspecified atom stereocenters. The molecule has 0 spiro atoms. The second-order valence-electron chi connectivity index (χ2n) is 10.7. The van der Waals surface area contributed by atoms with Gasteiger partial charge in [-0.3, -0.25) is 9.59 Å². The molecule has 1 saturated carbocycles. The summed E-state index contributed by atoms with van der Waals surface area (Å²) in [7, 11) is 0. The van der Waals surface area contributed by atoms with E-state index < -0.39 is 17.5 Å². The molecule has 2 atom stereocenters. The number of Topliss-reactive ketones (excluding diaryl/α,β-unsaturated/α-hetero) is 1. The standard InChI is InChI=1S/C29H36N4O4/c1-5-36-25-11-10-21(14-18(25)2)12-13-29(22-8-6-7-9-22)17-24(34)23(27(35)37-29)16-26-31-28-30-19(3)15-20(4)33(28)32-26/h10-11,14-15,22-23H,5-9,12-13,16-17H2,1-4H3. The van der Waals surface area contributed by atoms with Crippen LogP contribution in [0.5, 0.6) is 5.75 Å². The Balaban J connectivity index is 1.34. The molecular formula is C29H36N4O4. The SMILES string of the molecule is CCOc1ccc(CCC2(C3CCCC3)CC(=O)C(Cc3nc4nc(C)cc(C)n4n3)C(=O)O2)cc1C. The van der Waals surface area contributed by atoms with Crippen LogP contribution in [0.25, 0.3) is 5.78 Å². The van der Waals surface area contributed by atoms with Crippen molar-refractivity contribution in [2.24, 2.45) is 11.8 Å². The Morgan fingerprint density at radius 2 is 1.89 bits per heavy atom. The average molecular weight is 505 g/mol. The molecule has 8 nitrogen and oxygen atoms in total. The van der Waals surface area contributed by atoms with Crippen molar-refractivity contribution in [2.75, 3.05) is 6.61 Å². The third kappa shape index (κ3) is 5.11. The summed E-state index contributed by atoms with van der Waals surface area (Å²) < 4.78 is 13.6. The number of esters is 1. The predicted octanol–water partition coefficient (Wildman–Crippen LogP) is 4.68. The fourth-order valence-electron chi connectivity index (χ4n) is 6.09. The molecule has 1 aliphatic heterocycles. The summed E-state index contributed by atoms with van der Waals surface area (Å²) in [5, 5.41) is 4.51. The zero-order chi connectivity index (χ0) is 26.2. The van der Waals surface area contributed by atoms with E-state index in [1.165, 1.54) is 0 Å². The van der Waals surface area contributed by atoms with Crippen molar-refractivity contribution in [2.45, 2.75) is 84.7 Å². The normalized spacial score (nSPS) is 22.5. The fourth-order valence-corrected chi connectivity index (χ4v) is 6.09. The molecule has 0 radical (unpaired) electrons. The van der Waals surface area contributed by atoms with Crippen molar-refractivity contribution >= 4 is 17.5 Å². The van der Waals surface area contributed by atoms with Gasteiger partial charge in [0.25, 0.3) is 5.78 Å². The van der Waals surface area contributed by atoms with Crippen LogP contribution < -0.4 is 4.74 Å². The molecule has 2 aliphatic rings. The number of cyclic esters (lactones) is 1. The predicted molar refractivity (Wildman–Crippen MR) is 139 cm³/mol. The lowest BCUT2D eigenvalue weighted by atomic mass is 9.73. The van der Waals surface area contributed by atoms with Crippen LogP contribution in [-0.2, 0) is 27.2 Å². The van der Waals surface area contributed by atoms with Crippen molar-refractivity contribution in [1.82, 2.24) is 19.6 Å². The zero-order valence-corrected chi connectivity index (χ0v) is 22.2. The summed E-state index contributed by atoms with van der Waals surface area (Å²) in [6.07, 6.45) is 5.99. The number of ether oxygens (including phenoxy) is 2. The number of ketones is 1. The third-order valence-corrected chi connectivity index (χ3v) is 7.97. The first kappa shape index (κ1) is 25.4. The number of benzene rings is 1. The van der Waals surface area contributed by atoms with E-state index in [1.807, 2.05) is 39.8 Å². The van der Waals surface area contributed by atoms with E-state index in [9.17, 15) is 9.59 Å². The topological polar surface area (TPSA) is 95.7 Å². The number of carbonyl (C=O) groups excluding carboxylic acids is 2. The van der Waals surface area contributed by atoms with E-state index in [0.717, 1.165) is 60.4 Å². The number of fused-ring (bicyclic) bond motifs is 1.